The van der Waals surface area contributed by atoms with E-state index in [1.54, 1.807) is 0 Å². The molecule has 6 rings (SSSR count). The van der Waals surface area contributed by atoms with E-state index >= 15 is 8.78 Å². The van der Waals surface area contributed by atoms with E-state index in [1.807, 2.05) is 0 Å². The van der Waals surface area contributed by atoms with Crippen molar-refractivity contribution in [3.8, 4) is 5.88 Å². The second-order valence-electron chi connectivity index (χ2n) is 9.45. The molecule has 3 aliphatic carbocycles. The largest absolute Gasteiger partial charge is 0.468 e. The summed E-state index contributed by atoms with van der Waals surface area (Å²) in [5.74, 6) is -6.49. The van der Waals surface area contributed by atoms with Gasteiger partial charge in [-0.1, -0.05) is 6.07 Å². The highest BCUT2D eigenvalue weighted by Gasteiger charge is 2.82. The molecule has 3 fully saturated rings. The molecule has 0 radical (unpaired) electrons. The lowest BCUT2D eigenvalue weighted by molar-refractivity contribution is -0.347. The van der Waals surface area contributed by atoms with Gasteiger partial charge in [0.15, 0.2) is 12.2 Å². The number of pyridine rings is 1. The van der Waals surface area contributed by atoms with E-state index in [4.69, 9.17) is 0 Å². The van der Waals surface area contributed by atoms with Crippen LogP contribution in [0.25, 0.3) is 0 Å². The molecule has 0 unspecified atom stereocenters. The van der Waals surface area contributed by atoms with Crippen LogP contribution in [0.5, 0.6) is 5.88 Å². The van der Waals surface area contributed by atoms with Crippen LogP contribution in [0.3, 0.4) is 0 Å². The SMILES string of the molecule is O[C@](Cn1cnnn1)(c1ccc(F)cc1F)C(F)(F)C12CC(c3ccc(OCC(F)(F)F)nc3)(C1)C2. The summed E-state index contributed by atoms with van der Waals surface area (Å²) in [7, 11) is 0. The number of hydrogen-bond acceptors (Lipinski definition) is 6. The first kappa shape index (κ1) is 24.4. The summed E-state index contributed by atoms with van der Waals surface area (Å²) in [5, 5.41) is 21.6. The zero-order chi connectivity index (χ0) is 26.0. The Balaban J connectivity index is 1.39. The van der Waals surface area contributed by atoms with E-state index in [9.17, 15) is 27.1 Å². The molecule has 3 aromatic rings. The number of ether oxygens (including phenoxy) is 1. The molecule has 7 nitrogen and oxygen atoms in total. The van der Waals surface area contributed by atoms with Crippen molar-refractivity contribution in [2.75, 3.05) is 6.61 Å². The van der Waals surface area contributed by atoms with Gasteiger partial charge in [0.2, 0.25) is 5.88 Å². The first-order valence-corrected chi connectivity index (χ1v) is 10.7. The fraction of sp³-hybridized carbons (Fsp3) is 0.455. The summed E-state index contributed by atoms with van der Waals surface area (Å²) in [6, 6.07) is 4.65. The van der Waals surface area contributed by atoms with Gasteiger partial charge in [0.05, 0.1) is 6.54 Å². The summed E-state index contributed by atoms with van der Waals surface area (Å²) in [6.07, 6.45) is -2.52. The van der Waals surface area contributed by atoms with Gasteiger partial charge in [0.25, 0.3) is 5.92 Å². The molecule has 2 aromatic heterocycles. The second kappa shape index (κ2) is 7.85. The Morgan fingerprint density at radius 3 is 2.31 bits per heavy atom. The van der Waals surface area contributed by atoms with Crippen molar-refractivity contribution >= 4 is 0 Å². The van der Waals surface area contributed by atoms with Gasteiger partial charge in [-0.15, -0.1) is 5.10 Å². The maximum absolute atomic E-state index is 16.1. The first-order chi connectivity index (χ1) is 16.8. The average molecular weight is 517 g/mol. The summed E-state index contributed by atoms with van der Waals surface area (Å²) >= 11 is 0. The van der Waals surface area contributed by atoms with Crippen LogP contribution < -0.4 is 4.74 Å². The third kappa shape index (κ3) is 3.69. The van der Waals surface area contributed by atoms with Crippen molar-refractivity contribution in [2.24, 2.45) is 5.41 Å². The van der Waals surface area contributed by atoms with Crippen molar-refractivity contribution in [2.45, 2.75) is 48.9 Å². The Morgan fingerprint density at radius 1 is 1.03 bits per heavy atom. The van der Waals surface area contributed by atoms with Crippen LogP contribution in [0, 0.1) is 17.0 Å². The smallest absolute Gasteiger partial charge is 0.422 e. The molecule has 1 aromatic carbocycles. The number of aromatic nitrogens is 5. The van der Waals surface area contributed by atoms with Gasteiger partial charge < -0.3 is 9.84 Å². The van der Waals surface area contributed by atoms with E-state index < -0.39 is 58.9 Å². The average Bonchev–Trinajstić information content (AvgIpc) is 3.23. The predicted octanol–water partition coefficient (Wildman–Crippen LogP) is 3.93. The molecule has 2 bridgehead atoms. The van der Waals surface area contributed by atoms with Gasteiger partial charge in [0.1, 0.15) is 18.0 Å². The number of hydrogen-bond donors (Lipinski definition) is 1. The molecule has 0 aliphatic heterocycles. The lowest BCUT2D eigenvalue weighted by Gasteiger charge is -2.74. The minimum absolute atomic E-state index is 0.0852. The molecule has 1 N–H and O–H groups in total. The summed E-state index contributed by atoms with van der Waals surface area (Å²) in [4.78, 5) is 3.84. The van der Waals surface area contributed by atoms with Crippen LogP contribution in [0.15, 0.2) is 42.9 Å². The van der Waals surface area contributed by atoms with E-state index in [2.05, 4.69) is 25.2 Å². The summed E-state index contributed by atoms with van der Waals surface area (Å²) in [6.45, 7) is -2.41. The molecule has 3 saturated carbocycles. The minimum Gasteiger partial charge on any atom is -0.468 e. The fourth-order valence-corrected chi connectivity index (χ4v) is 5.47. The van der Waals surface area contributed by atoms with Gasteiger partial charge in [0, 0.05) is 29.3 Å². The second-order valence-corrected chi connectivity index (χ2v) is 9.45. The highest BCUT2D eigenvalue weighted by Crippen LogP contribution is 2.80. The Labute approximate surface area is 198 Å². The Morgan fingerprint density at radius 2 is 1.75 bits per heavy atom. The number of rotatable bonds is 8. The Bertz CT molecular complexity index is 1250. The van der Waals surface area contributed by atoms with E-state index in [1.165, 1.54) is 18.3 Å². The van der Waals surface area contributed by atoms with Gasteiger partial charge in [-0.3, -0.25) is 0 Å². The van der Waals surface area contributed by atoms with Crippen LogP contribution in [0.1, 0.15) is 30.4 Å². The maximum atomic E-state index is 16.1. The monoisotopic (exact) mass is 517 g/mol. The zero-order valence-corrected chi connectivity index (χ0v) is 18.3. The molecule has 192 valence electrons. The number of nitrogens with zero attached hydrogens (tertiary/aromatic N) is 5. The van der Waals surface area contributed by atoms with Crippen LogP contribution in [-0.2, 0) is 17.6 Å². The van der Waals surface area contributed by atoms with Crippen LogP contribution in [0.2, 0.25) is 0 Å². The maximum Gasteiger partial charge on any atom is 0.422 e. The fourth-order valence-electron chi connectivity index (χ4n) is 5.47. The van der Waals surface area contributed by atoms with E-state index in [-0.39, 0.29) is 25.1 Å². The van der Waals surface area contributed by atoms with Gasteiger partial charge in [-0.05, 0) is 52.8 Å². The molecule has 0 saturated heterocycles. The normalized spacial score (nSPS) is 25.0. The third-order valence-corrected chi connectivity index (χ3v) is 7.11. The summed E-state index contributed by atoms with van der Waals surface area (Å²) in [5.41, 5.74) is -5.79. The lowest BCUT2D eigenvalue weighted by atomic mass is 9.30. The van der Waals surface area contributed by atoms with Gasteiger partial charge in [-0.25, -0.2) is 27.2 Å². The minimum atomic E-state index is -4.53. The standard InChI is InChI=1S/C22H18F7N5O2/c23-14-2-3-15(16(24)5-14)20(35,10-34-12-31-32-33-34)22(28,29)19-7-18(8-19,9-19)13-1-4-17(30-6-13)36-11-21(25,26)27/h1-6,12,35H,7-11H2/t18?,19?,20-/m1/s1. The lowest BCUT2D eigenvalue weighted by Crippen LogP contribution is -2.76. The number of benzene rings is 1. The topological polar surface area (TPSA) is 86.0 Å². The molecule has 1 atom stereocenters. The van der Waals surface area contributed by atoms with E-state index in [0.717, 1.165) is 23.1 Å². The molecule has 0 spiro atoms. The Hall–Kier alpha value is -3.29. The highest BCUT2D eigenvalue weighted by molar-refractivity contribution is 5.42. The zero-order valence-electron chi connectivity index (χ0n) is 18.3. The van der Waals surface area contributed by atoms with Crippen molar-refractivity contribution < 1.29 is 40.6 Å². The van der Waals surface area contributed by atoms with Crippen LogP contribution in [0.4, 0.5) is 30.7 Å². The first-order valence-electron chi connectivity index (χ1n) is 10.7. The molecular formula is C22H18F7N5O2. The van der Waals surface area contributed by atoms with Gasteiger partial charge >= 0.3 is 6.18 Å². The molecule has 14 heteroatoms. The molecule has 0 amide bonds. The third-order valence-electron chi connectivity index (χ3n) is 7.11. The molecule has 36 heavy (non-hydrogen) atoms. The number of halogens is 7. The Kier molecular flexibility index (Phi) is 5.32. The quantitative estimate of drug-likeness (QED) is 0.456. The van der Waals surface area contributed by atoms with Gasteiger partial charge in [-0.2, -0.15) is 13.2 Å². The molecular weight excluding hydrogens is 499 g/mol. The molecule has 2 heterocycles. The predicted molar refractivity (Wildman–Crippen MR) is 107 cm³/mol. The van der Waals surface area contributed by atoms with Crippen LogP contribution in [-0.4, -0.2) is 49.0 Å². The van der Waals surface area contributed by atoms with Crippen LogP contribution >= 0.6 is 0 Å². The number of alkyl halides is 5. The number of tetrazole rings is 1. The van der Waals surface area contributed by atoms with E-state index in [0.29, 0.717) is 11.6 Å². The summed E-state index contributed by atoms with van der Waals surface area (Å²) < 4.78 is 103. The van der Waals surface area contributed by atoms with Crippen molar-refractivity contribution in [3.05, 3.63) is 65.6 Å². The van der Waals surface area contributed by atoms with Crippen molar-refractivity contribution in [3.63, 3.8) is 0 Å². The highest BCUT2D eigenvalue weighted by atomic mass is 19.4. The van der Waals surface area contributed by atoms with Crippen molar-refractivity contribution in [1.82, 2.24) is 25.2 Å². The number of aliphatic hydroxyl groups is 1. The molecule has 3 aliphatic rings. The van der Waals surface area contributed by atoms with Crippen molar-refractivity contribution in [1.29, 1.82) is 0 Å².